The van der Waals surface area contributed by atoms with Crippen molar-refractivity contribution in [1.29, 1.82) is 0 Å². The van der Waals surface area contributed by atoms with E-state index in [0.29, 0.717) is 11.6 Å². The minimum Gasteiger partial charge on any atom is -0.333 e. The number of amides is 1. The molecule has 1 amide bonds. The van der Waals surface area contributed by atoms with Crippen molar-refractivity contribution < 1.29 is 4.79 Å². The lowest BCUT2D eigenvalue weighted by Gasteiger charge is -2.38. The van der Waals surface area contributed by atoms with Crippen LogP contribution < -0.4 is 5.32 Å². The van der Waals surface area contributed by atoms with Crippen molar-refractivity contribution >= 4 is 21.8 Å². The molecule has 0 aliphatic carbocycles. The first-order valence-electron chi connectivity index (χ1n) is 7.84. The Balaban J connectivity index is 1.89. The molecule has 2 atom stereocenters. The lowest BCUT2D eigenvalue weighted by molar-refractivity contribution is 0.0602. The highest BCUT2D eigenvalue weighted by Gasteiger charge is 2.30. The molecular formula is C17H21BrN4O. The molecule has 0 radical (unpaired) electrons. The summed E-state index contributed by atoms with van der Waals surface area (Å²) >= 11 is 3.43. The van der Waals surface area contributed by atoms with Crippen molar-refractivity contribution in [3.05, 3.63) is 46.2 Å². The van der Waals surface area contributed by atoms with E-state index < -0.39 is 0 Å². The molecule has 1 N–H and O–H groups in total. The second-order valence-corrected chi connectivity index (χ2v) is 6.93. The summed E-state index contributed by atoms with van der Waals surface area (Å²) in [4.78, 5) is 14.9. The largest absolute Gasteiger partial charge is 0.333 e. The monoisotopic (exact) mass is 376 g/mol. The Hall–Kier alpha value is -1.66. The van der Waals surface area contributed by atoms with Gasteiger partial charge in [0.15, 0.2) is 0 Å². The average molecular weight is 377 g/mol. The van der Waals surface area contributed by atoms with E-state index in [4.69, 9.17) is 0 Å². The zero-order valence-electron chi connectivity index (χ0n) is 13.6. The molecule has 5 nitrogen and oxygen atoms in total. The van der Waals surface area contributed by atoms with Crippen molar-refractivity contribution in [1.82, 2.24) is 20.0 Å². The van der Waals surface area contributed by atoms with E-state index in [1.807, 2.05) is 40.8 Å². The summed E-state index contributed by atoms with van der Waals surface area (Å²) in [6.45, 7) is 7.70. The zero-order chi connectivity index (χ0) is 16.6. The first kappa shape index (κ1) is 16.2. The summed E-state index contributed by atoms with van der Waals surface area (Å²) in [5.41, 5.74) is 2.50. The predicted octanol–water partition coefficient (Wildman–Crippen LogP) is 2.77. The summed E-state index contributed by atoms with van der Waals surface area (Å²) in [5, 5.41) is 7.81. The van der Waals surface area contributed by atoms with Crippen molar-refractivity contribution in [3.63, 3.8) is 0 Å². The van der Waals surface area contributed by atoms with Crippen LogP contribution in [0.25, 0.3) is 5.69 Å². The van der Waals surface area contributed by atoms with E-state index in [1.165, 1.54) is 0 Å². The third-order valence-corrected chi connectivity index (χ3v) is 5.14. The number of carbonyl (C=O) groups is 1. The fraction of sp³-hybridized carbons (Fsp3) is 0.412. The fourth-order valence-electron chi connectivity index (χ4n) is 2.96. The number of hydrogen-bond donors (Lipinski definition) is 1. The van der Waals surface area contributed by atoms with Crippen LogP contribution >= 0.6 is 15.9 Å². The zero-order valence-corrected chi connectivity index (χ0v) is 15.2. The first-order chi connectivity index (χ1) is 11.0. The molecule has 1 fully saturated rings. The predicted molar refractivity (Wildman–Crippen MR) is 94.0 cm³/mol. The Morgan fingerprint density at radius 2 is 2.00 bits per heavy atom. The molecule has 1 aromatic heterocycles. The smallest absolute Gasteiger partial charge is 0.257 e. The van der Waals surface area contributed by atoms with Gasteiger partial charge in [-0.2, -0.15) is 5.10 Å². The maximum atomic E-state index is 12.9. The van der Waals surface area contributed by atoms with Gasteiger partial charge in [-0.1, -0.05) is 15.9 Å². The number of rotatable bonds is 2. The first-order valence-corrected chi connectivity index (χ1v) is 8.63. The van der Waals surface area contributed by atoms with Gasteiger partial charge in [-0.25, -0.2) is 4.68 Å². The van der Waals surface area contributed by atoms with Gasteiger partial charge in [0.05, 0.1) is 23.1 Å². The number of nitrogens with one attached hydrogen (secondary N) is 1. The standard InChI is InChI=1S/C17H21BrN4O/c1-11-12(2)21(9-8-19-11)17(23)16-10-20-22(13(16)3)15-6-4-14(18)5-7-15/h4-7,10-12,19H,8-9H2,1-3H3. The topological polar surface area (TPSA) is 50.2 Å². The van der Waals surface area contributed by atoms with Crippen LogP contribution in [0.5, 0.6) is 0 Å². The molecule has 6 heteroatoms. The summed E-state index contributed by atoms with van der Waals surface area (Å²) < 4.78 is 2.83. The van der Waals surface area contributed by atoms with Crippen LogP contribution in [0.4, 0.5) is 0 Å². The summed E-state index contributed by atoms with van der Waals surface area (Å²) in [7, 11) is 0. The molecule has 2 heterocycles. The van der Waals surface area contributed by atoms with Crippen LogP contribution in [-0.2, 0) is 0 Å². The van der Waals surface area contributed by atoms with Crippen LogP contribution in [0.2, 0.25) is 0 Å². The van der Waals surface area contributed by atoms with Crippen molar-refractivity contribution in [3.8, 4) is 5.69 Å². The van der Waals surface area contributed by atoms with Gasteiger partial charge in [0, 0.05) is 29.6 Å². The van der Waals surface area contributed by atoms with Gasteiger partial charge < -0.3 is 10.2 Å². The van der Waals surface area contributed by atoms with E-state index >= 15 is 0 Å². The van der Waals surface area contributed by atoms with Gasteiger partial charge in [0.1, 0.15) is 0 Å². The van der Waals surface area contributed by atoms with E-state index in [9.17, 15) is 4.79 Å². The van der Waals surface area contributed by atoms with Gasteiger partial charge >= 0.3 is 0 Å². The van der Waals surface area contributed by atoms with Gasteiger partial charge in [-0.15, -0.1) is 0 Å². The number of piperazine rings is 1. The molecule has 3 rings (SSSR count). The van der Waals surface area contributed by atoms with Gasteiger partial charge in [-0.05, 0) is 45.0 Å². The third-order valence-electron chi connectivity index (χ3n) is 4.61. The highest BCUT2D eigenvalue weighted by atomic mass is 79.9. The molecule has 2 aromatic rings. The number of benzene rings is 1. The SMILES string of the molecule is Cc1c(C(=O)N2CCNC(C)C2C)cnn1-c1ccc(Br)cc1. The summed E-state index contributed by atoms with van der Waals surface area (Å²) in [6.07, 6.45) is 1.68. The molecule has 1 saturated heterocycles. The molecule has 1 aliphatic rings. The molecule has 1 aromatic carbocycles. The number of aromatic nitrogens is 2. The maximum absolute atomic E-state index is 12.9. The molecule has 2 unspecified atom stereocenters. The Labute approximate surface area is 144 Å². The highest BCUT2D eigenvalue weighted by Crippen LogP contribution is 2.20. The second kappa shape index (κ2) is 6.45. The van der Waals surface area contributed by atoms with Crippen molar-refractivity contribution in [2.24, 2.45) is 0 Å². The Morgan fingerprint density at radius 3 is 2.70 bits per heavy atom. The van der Waals surface area contributed by atoms with Crippen molar-refractivity contribution in [2.75, 3.05) is 13.1 Å². The lowest BCUT2D eigenvalue weighted by Crippen LogP contribution is -2.57. The molecular weight excluding hydrogens is 356 g/mol. The van der Waals surface area contributed by atoms with Crippen LogP contribution in [0.3, 0.4) is 0 Å². The summed E-state index contributed by atoms with van der Waals surface area (Å²) in [6, 6.07) is 8.37. The summed E-state index contributed by atoms with van der Waals surface area (Å²) in [5.74, 6) is 0.0618. The van der Waals surface area contributed by atoms with Crippen LogP contribution in [0, 0.1) is 6.92 Å². The quantitative estimate of drug-likeness (QED) is 0.876. The van der Waals surface area contributed by atoms with Gasteiger partial charge in [-0.3, -0.25) is 4.79 Å². The number of halogens is 1. The van der Waals surface area contributed by atoms with Crippen LogP contribution in [0.1, 0.15) is 29.9 Å². The molecule has 0 bridgehead atoms. The molecule has 0 saturated carbocycles. The third kappa shape index (κ3) is 3.05. The fourth-order valence-corrected chi connectivity index (χ4v) is 3.22. The number of carbonyl (C=O) groups excluding carboxylic acids is 1. The van der Waals surface area contributed by atoms with Crippen LogP contribution in [-0.4, -0.2) is 45.8 Å². The van der Waals surface area contributed by atoms with Crippen LogP contribution in [0.15, 0.2) is 34.9 Å². The second-order valence-electron chi connectivity index (χ2n) is 6.01. The Kier molecular flexibility index (Phi) is 4.55. The Bertz CT molecular complexity index is 710. The highest BCUT2D eigenvalue weighted by molar-refractivity contribution is 9.10. The number of nitrogens with zero attached hydrogens (tertiary/aromatic N) is 3. The normalized spacial score (nSPS) is 21.5. The minimum absolute atomic E-state index is 0.0618. The van der Waals surface area contributed by atoms with Crippen molar-refractivity contribution in [2.45, 2.75) is 32.9 Å². The Morgan fingerprint density at radius 1 is 1.30 bits per heavy atom. The van der Waals surface area contributed by atoms with Gasteiger partial charge in [0.2, 0.25) is 0 Å². The lowest BCUT2D eigenvalue weighted by atomic mass is 10.1. The van der Waals surface area contributed by atoms with E-state index in [-0.39, 0.29) is 11.9 Å². The van der Waals surface area contributed by atoms with Gasteiger partial charge in [0.25, 0.3) is 5.91 Å². The average Bonchev–Trinajstić information content (AvgIpc) is 2.92. The molecule has 1 aliphatic heterocycles. The number of hydrogen-bond acceptors (Lipinski definition) is 3. The molecule has 23 heavy (non-hydrogen) atoms. The molecule has 0 spiro atoms. The maximum Gasteiger partial charge on any atom is 0.257 e. The van der Waals surface area contributed by atoms with E-state index in [2.05, 4.69) is 40.2 Å². The molecule has 122 valence electrons. The van der Waals surface area contributed by atoms with E-state index in [1.54, 1.807) is 6.20 Å². The minimum atomic E-state index is 0.0618. The van der Waals surface area contributed by atoms with E-state index in [0.717, 1.165) is 28.9 Å².